The van der Waals surface area contributed by atoms with Gasteiger partial charge in [0.1, 0.15) is 0 Å². The van der Waals surface area contributed by atoms with Gasteiger partial charge in [-0.25, -0.2) is 4.98 Å². The highest BCUT2D eigenvalue weighted by molar-refractivity contribution is 7.16. The van der Waals surface area contributed by atoms with Gasteiger partial charge in [-0.3, -0.25) is 4.79 Å². The van der Waals surface area contributed by atoms with E-state index >= 15 is 0 Å². The molecule has 0 radical (unpaired) electrons. The lowest BCUT2D eigenvalue weighted by atomic mass is 10.1. The number of alkyl halides is 3. The summed E-state index contributed by atoms with van der Waals surface area (Å²) in [4.78, 5) is 16.6. The number of nitrogens with one attached hydrogen (secondary N) is 2. The molecule has 0 saturated carbocycles. The lowest BCUT2D eigenvalue weighted by Gasteiger charge is -2.12. The van der Waals surface area contributed by atoms with Crippen LogP contribution in [0.4, 0.5) is 18.3 Å². The number of amides is 1. The summed E-state index contributed by atoms with van der Waals surface area (Å²) >= 11 is 1.27. The van der Waals surface area contributed by atoms with Crippen molar-refractivity contribution in [3.8, 4) is 12.3 Å². The van der Waals surface area contributed by atoms with Crippen molar-refractivity contribution in [2.45, 2.75) is 6.18 Å². The van der Waals surface area contributed by atoms with Gasteiger partial charge in [-0.05, 0) is 12.1 Å². The van der Waals surface area contributed by atoms with Crippen molar-refractivity contribution in [3.63, 3.8) is 0 Å². The average Bonchev–Trinajstić information content (AvgIpc) is 2.98. The molecule has 4 nitrogen and oxygen atoms in total. The van der Waals surface area contributed by atoms with E-state index in [4.69, 9.17) is 6.42 Å². The van der Waals surface area contributed by atoms with Crippen LogP contribution in [0, 0.1) is 12.3 Å². The van der Waals surface area contributed by atoms with Gasteiger partial charge in [0.25, 0.3) is 5.91 Å². The number of terminal acetylenes is 1. The van der Waals surface area contributed by atoms with Crippen LogP contribution in [0.5, 0.6) is 0 Å². The van der Waals surface area contributed by atoms with E-state index in [2.05, 4.69) is 21.5 Å². The van der Waals surface area contributed by atoms with Crippen LogP contribution in [0.25, 0.3) is 0 Å². The minimum atomic E-state index is -4.57. The van der Waals surface area contributed by atoms with E-state index in [0.29, 0.717) is 16.6 Å². The third kappa shape index (κ3) is 4.47. The first kappa shape index (κ1) is 16.8. The Balaban J connectivity index is 1.89. The smallest absolute Gasteiger partial charge is 0.360 e. The molecule has 0 aliphatic rings. The van der Waals surface area contributed by atoms with E-state index in [-0.39, 0.29) is 6.54 Å². The molecule has 23 heavy (non-hydrogen) atoms. The highest BCUT2D eigenvalue weighted by atomic mass is 32.1. The van der Waals surface area contributed by atoms with Crippen LogP contribution in [0.1, 0.15) is 20.8 Å². The summed E-state index contributed by atoms with van der Waals surface area (Å²) in [5.74, 6) is 1.66. The second kappa shape index (κ2) is 7.15. The zero-order valence-electron chi connectivity index (χ0n) is 11.8. The number of hydrogen-bond donors (Lipinski definition) is 2. The van der Waals surface area contributed by atoms with Crippen molar-refractivity contribution in [2.75, 3.05) is 18.4 Å². The van der Waals surface area contributed by atoms with Crippen molar-refractivity contribution in [1.29, 1.82) is 0 Å². The Bertz CT molecular complexity index is 734. The van der Waals surface area contributed by atoms with Crippen molar-refractivity contribution in [2.24, 2.45) is 0 Å². The van der Waals surface area contributed by atoms with Gasteiger partial charge in [-0.15, -0.1) is 6.42 Å². The lowest BCUT2D eigenvalue weighted by Crippen LogP contribution is -2.30. The Kier molecular flexibility index (Phi) is 5.24. The summed E-state index contributed by atoms with van der Waals surface area (Å²) in [5.41, 5.74) is -1.35. The standard InChI is InChI=1S/C15H12F3N3OS/c1-2-10-9-21-14(23-10)20-8-7-19-13(22)11-5-3-4-6-12(11)15(16,17)18/h1,3-6,9H,7-8H2,(H,19,22)(H,20,21). The van der Waals surface area contributed by atoms with Crippen molar-refractivity contribution in [1.82, 2.24) is 10.3 Å². The van der Waals surface area contributed by atoms with E-state index in [1.807, 2.05) is 0 Å². The predicted octanol–water partition coefficient (Wildman–Crippen LogP) is 2.99. The fourth-order valence-electron chi connectivity index (χ4n) is 1.79. The minimum Gasteiger partial charge on any atom is -0.360 e. The Hall–Kier alpha value is -2.53. The summed E-state index contributed by atoms with van der Waals surface area (Å²) < 4.78 is 38.5. The van der Waals surface area contributed by atoms with E-state index in [1.165, 1.54) is 29.7 Å². The van der Waals surface area contributed by atoms with Crippen molar-refractivity contribution < 1.29 is 18.0 Å². The molecule has 0 aliphatic heterocycles. The molecule has 2 N–H and O–H groups in total. The first-order valence-corrected chi connectivity index (χ1v) is 7.34. The van der Waals surface area contributed by atoms with Gasteiger partial charge in [0, 0.05) is 13.1 Å². The van der Waals surface area contributed by atoms with Crippen molar-refractivity contribution >= 4 is 22.4 Å². The molecule has 0 fully saturated rings. The normalized spacial score (nSPS) is 10.9. The van der Waals surface area contributed by atoms with Gasteiger partial charge in [-0.2, -0.15) is 13.2 Å². The molecule has 0 saturated heterocycles. The highest BCUT2D eigenvalue weighted by Gasteiger charge is 2.34. The second-order valence-corrected chi connectivity index (χ2v) is 5.43. The molecule has 1 heterocycles. The average molecular weight is 339 g/mol. The number of anilines is 1. The Morgan fingerprint density at radius 1 is 1.30 bits per heavy atom. The second-order valence-electron chi connectivity index (χ2n) is 4.40. The zero-order chi connectivity index (χ0) is 16.9. The molecule has 1 amide bonds. The highest BCUT2D eigenvalue weighted by Crippen LogP contribution is 2.31. The minimum absolute atomic E-state index is 0.149. The Morgan fingerprint density at radius 3 is 2.70 bits per heavy atom. The van der Waals surface area contributed by atoms with E-state index in [1.54, 1.807) is 0 Å². The molecule has 1 aromatic carbocycles. The molecule has 120 valence electrons. The quantitative estimate of drug-likeness (QED) is 0.650. The maximum absolute atomic E-state index is 12.8. The van der Waals surface area contributed by atoms with Crippen LogP contribution in [0.15, 0.2) is 30.5 Å². The maximum atomic E-state index is 12.8. The summed E-state index contributed by atoms with van der Waals surface area (Å²) in [6.45, 7) is 0.466. The topological polar surface area (TPSA) is 54.0 Å². The zero-order valence-corrected chi connectivity index (χ0v) is 12.6. The SMILES string of the molecule is C#Cc1cnc(NCCNC(=O)c2ccccc2C(F)(F)F)s1. The number of aromatic nitrogens is 1. The lowest BCUT2D eigenvalue weighted by molar-refractivity contribution is -0.137. The number of carbonyl (C=O) groups is 1. The van der Waals surface area contributed by atoms with Crippen LogP contribution in [-0.4, -0.2) is 24.0 Å². The van der Waals surface area contributed by atoms with Gasteiger partial charge in [0.15, 0.2) is 5.13 Å². The van der Waals surface area contributed by atoms with E-state index in [9.17, 15) is 18.0 Å². The number of hydrogen-bond acceptors (Lipinski definition) is 4. The van der Waals surface area contributed by atoms with Gasteiger partial charge in [-0.1, -0.05) is 29.4 Å². The summed E-state index contributed by atoms with van der Waals surface area (Å²) in [7, 11) is 0. The van der Waals surface area contributed by atoms with Crippen LogP contribution >= 0.6 is 11.3 Å². The summed E-state index contributed by atoms with van der Waals surface area (Å²) in [6, 6.07) is 4.65. The fourth-order valence-corrected chi connectivity index (χ4v) is 2.44. The fraction of sp³-hybridized carbons (Fsp3) is 0.200. The summed E-state index contributed by atoms with van der Waals surface area (Å²) in [6.07, 6.45) is 2.18. The van der Waals surface area contributed by atoms with Crippen LogP contribution in [-0.2, 0) is 6.18 Å². The number of thiazole rings is 1. The molecule has 0 unspecified atom stereocenters. The van der Waals surface area contributed by atoms with Gasteiger partial charge in [0.2, 0.25) is 0 Å². The van der Waals surface area contributed by atoms with E-state index < -0.39 is 23.2 Å². The number of benzene rings is 1. The van der Waals surface area contributed by atoms with Crippen LogP contribution in [0.2, 0.25) is 0 Å². The first-order valence-electron chi connectivity index (χ1n) is 6.52. The number of nitrogens with zero attached hydrogens (tertiary/aromatic N) is 1. The van der Waals surface area contributed by atoms with Gasteiger partial charge < -0.3 is 10.6 Å². The van der Waals surface area contributed by atoms with E-state index in [0.717, 1.165) is 12.1 Å². The van der Waals surface area contributed by atoms with Gasteiger partial charge >= 0.3 is 6.18 Å². The molecular weight excluding hydrogens is 327 g/mol. The molecule has 0 atom stereocenters. The molecular formula is C15H12F3N3OS. The first-order chi connectivity index (χ1) is 10.9. The van der Waals surface area contributed by atoms with Gasteiger partial charge in [0.05, 0.1) is 22.2 Å². The predicted molar refractivity (Wildman–Crippen MR) is 82.3 cm³/mol. The molecule has 0 aliphatic carbocycles. The van der Waals surface area contributed by atoms with Crippen LogP contribution in [0.3, 0.4) is 0 Å². The maximum Gasteiger partial charge on any atom is 0.417 e. The molecule has 8 heteroatoms. The summed E-state index contributed by atoms with van der Waals surface area (Å²) in [5, 5.41) is 5.95. The third-order valence-electron chi connectivity index (χ3n) is 2.81. The van der Waals surface area contributed by atoms with Crippen molar-refractivity contribution in [3.05, 3.63) is 46.5 Å². The molecule has 0 bridgehead atoms. The van der Waals surface area contributed by atoms with Crippen LogP contribution < -0.4 is 10.6 Å². The third-order valence-corrected chi connectivity index (χ3v) is 3.70. The molecule has 2 rings (SSSR count). The Morgan fingerprint density at radius 2 is 2.04 bits per heavy atom. The molecule has 1 aromatic heterocycles. The number of carbonyl (C=O) groups excluding carboxylic acids is 1. The number of halogens is 3. The number of rotatable bonds is 5. The molecule has 2 aromatic rings. The monoisotopic (exact) mass is 339 g/mol. The largest absolute Gasteiger partial charge is 0.417 e. The Labute approximate surface area is 134 Å². The molecule has 0 spiro atoms.